The van der Waals surface area contributed by atoms with Crippen molar-refractivity contribution in [2.45, 2.75) is 38.6 Å². The van der Waals surface area contributed by atoms with E-state index in [2.05, 4.69) is 12.2 Å². The molecular weight excluding hydrogens is 292 g/mol. The van der Waals surface area contributed by atoms with Gasteiger partial charge in [0.05, 0.1) is 5.56 Å². The van der Waals surface area contributed by atoms with Crippen LogP contribution in [-0.2, 0) is 9.53 Å². The fourth-order valence-electron chi connectivity index (χ4n) is 2.89. The van der Waals surface area contributed by atoms with Gasteiger partial charge in [-0.25, -0.2) is 4.79 Å². The molecule has 126 valence electrons. The summed E-state index contributed by atoms with van der Waals surface area (Å²) in [4.78, 5) is 25.9. The van der Waals surface area contributed by atoms with Crippen molar-refractivity contribution in [2.75, 3.05) is 25.6 Å². The number of amides is 1. The summed E-state index contributed by atoms with van der Waals surface area (Å²) < 4.78 is 5.10. The normalized spacial score (nSPS) is 20.7. The lowest BCUT2D eigenvalue weighted by Gasteiger charge is -2.29. The summed E-state index contributed by atoms with van der Waals surface area (Å²) in [6.07, 6.45) is 4.52. The highest BCUT2D eigenvalue weighted by atomic mass is 16.5. The predicted molar refractivity (Wildman–Crippen MR) is 90.6 cm³/mol. The van der Waals surface area contributed by atoms with Gasteiger partial charge < -0.3 is 15.0 Å². The van der Waals surface area contributed by atoms with Crippen molar-refractivity contribution in [1.29, 1.82) is 0 Å². The number of carbonyl (C=O) groups is 2. The average molecular weight is 318 g/mol. The molecule has 0 saturated heterocycles. The van der Waals surface area contributed by atoms with Crippen molar-refractivity contribution in [3.63, 3.8) is 0 Å². The van der Waals surface area contributed by atoms with Crippen LogP contribution in [0.15, 0.2) is 24.3 Å². The summed E-state index contributed by atoms with van der Waals surface area (Å²) >= 11 is 0. The van der Waals surface area contributed by atoms with Crippen LogP contribution in [0.3, 0.4) is 0 Å². The van der Waals surface area contributed by atoms with Gasteiger partial charge in [-0.3, -0.25) is 4.79 Å². The SMILES string of the molecule is C[C@@H]1CCCC[C@H]1NC(=O)COC(=O)c1ccc(N(C)C)cc1. The number of rotatable bonds is 5. The Balaban J connectivity index is 1.80. The van der Waals surface area contributed by atoms with E-state index in [0.717, 1.165) is 24.9 Å². The zero-order chi connectivity index (χ0) is 16.8. The third kappa shape index (κ3) is 4.98. The molecule has 1 fully saturated rings. The zero-order valence-electron chi connectivity index (χ0n) is 14.2. The molecule has 23 heavy (non-hydrogen) atoms. The minimum absolute atomic E-state index is 0.203. The summed E-state index contributed by atoms with van der Waals surface area (Å²) in [5.41, 5.74) is 1.46. The lowest BCUT2D eigenvalue weighted by molar-refractivity contribution is -0.125. The molecule has 0 heterocycles. The standard InChI is InChI=1S/C18H26N2O3/c1-13-6-4-5-7-16(13)19-17(21)12-23-18(22)14-8-10-15(11-9-14)20(2)3/h8-11,13,16H,4-7,12H2,1-3H3,(H,19,21)/t13-,16-/m1/s1. The topological polar surface area (TPSA) is 58.6 Å². The molecule has 1 aromatic carbocycles. The highest BCUT2D eigenvalue weighted by molar-refractivity contribution is 5.91. The number of nitrogens with zero attached hydrogens (tertiary/aromatic N) is 1. The molecule has 0 aromatic heterocycles. The average Bonchev–Trinajstić information content (AvgIpc) is 2.55. The van der Waals surface area contributed by atoms with E-state index in [9.17, 15) is 9.59 Å². The summed E-state index contributed by atoms with van der Waals surface area (Å²) in [5, 5.41) is 2.98. The third-order valence-electron chi connectivity index (χ3n) is 4.41. The predicted octanol–water partition coefficient (Wildman–Crippen LogP) is 2.60. The van der Waals surface area contributed by atoms with Crippen LogP contribution in [0, 0.1) is 5.92 Å². The number of hydrogen-bond acceptors (Lipinski definition) is 4. The van der Waals surface area contributed by atoms with Crippen molar-refractivity contribution >= 4 is 17.6 Å². The first kappa shape index (κ1) is 17.3. The van der Waals surface area contributed by atoms with Gasteiger partial charge in [-0.05, 0) is 43.0 Å². The molecule has 0 bridgehead atoms. The Morgan fingerprint density at radius 2 is 1.83 bits per heavy atom. The maximum atomic E-state index is 12.0. The molecule has 1 N–H and O–H groups in total. The van der Waals surface area contributed by atoms with Gasteiger partial charge >= 0.3 is 5.97 Å². The molecule has 1 saturated carbocycles. The summed E-state index contributed by atoms with van der Waals surface area (Å²) in [6.45, 7) is 1.93. The maximum absolute atomic E-state index is 12.0. The van der Waals surface area contributed by atoms with Gasteiger partial charge in [0.2, 0.25) is 0 Å². The molecule has 0 radical (unpaired) electrons. The van der Waals surface area contributed by atoms with Gasteiger partial charge in [0.25, 0.3) is 5.91 Å². The number of carbonyl (C=O) groups excluding carboxylic acids is 2. The van der Waals surface area contributed by atoms with Crippen LogP contribution >= 0.6 is 0 Å². The monoisotopic (exact) mass is 318 g/mol. The van der Waals surface area contributed by atoms with Crippen molar-refractivity contribution in [2.24, 2.45) is 5.92 Å². The maximum Gasteiger partial charge on any atom is 0.338 e. The zero-order valence-corrected chi connectivity index (χ0v) is 14.2. The van der Waals surface area contributed by atoms with E-state index in [1.807, 2.05) is 31.1 Å². The Labute approximate surface area is 138 Å². The van der Waals surface area contributed by atoms with E-state index < -0.39 is 5.97 Å². The van der Waals surface area contributed by atoms with Crippen molar-refractivity contribution in [1.82, 2.24) is 5.32 Å². The summed E-state index contributed by atoms with van der Waals surface area (Å²) in [6, 6.07) is 7.31. The van der Waals surface area contributed by atoms with Crippen LogP contribution in [-0.4, -0.2) is 38.6 Å². The van der Waals surface area contributed by atoms with Gasteiger partial charge in [-0.15, -0.1) is 0 Å². The Bertz CT molecular complexity index is 540. The molecule has 0 unspecified atom stereocenters. The molecule has 1 aromatic rings. The van der Waals surface area contributed by atoms with Crippen molar-refractivity contribution in [3.8, 4) is 0 Å². The molecule has 2 atom stereocenters. The number of anilines is 1. The van der Waals surface area contributed by atoms with E-state index in [4.69, 9.17) is 4.74 Å². The first-order valence-electron chi connectivity index (χ1n) is 8.21. The second-order valence-corrected chi connectivity index (χ2v) is 6.45. The van der Waals surface area contributed by atoms with Gasteiger partial charge in [-0.2, -0.15) is 0 Å². The highest BCUT2D eigenvalue weighted by Gasteiger charge is 2.23. The van der Waals surface area contributed by atoms with Gasteiger partial charge in [0.15, 0.2) is 6.61 Å². The molecular formula is C18H26N2O3. The molecule has 2 rings (SSSR count). The van der Waals surface area contributed by atoms with Gasteiger partial charge in [0, 0.05) is 25.8 Å². The van der Waals surface area contributed by atoms with Crippen molar-refractivity contribution in [3.05, 3.63) is 29.8 Å². The number of hydrogen-bond donors (Lipinski definition) is 1. The van der Waals surface area contributed by atoms with Crippen LogP contribution in [0.1, 0.15) is 43.0 Å². The van der Waals surface area contributed by atoms with Gasteiger partial charge in [0.1, 0.15) is 0 Å². The molecule has 0 aliphatic heterocycles. The first-order valence-corrected chi connectivity index (χ1v) is 8.21. The number of benzene rings is 1. The molecule has 1 aliphatic rings. The number of ether oxygens (including phenoxy) is 1. The molecule has 1 aliphatic carbocycles. The van der Waals surface area contributed by atoms with E-state index in [-0.39, 0.29) is 18.6 Å². The van der Waals surface area contributed by atoms with Crippen LogP contribution in [0.25, 0.3) is 0 Å². The van der Waals surface area contributed by atoms with E-state index >= 15 is 0 Å². The fraction of sp³-hybridized carbons (Fsp3) is 0.556. The van der Waals surface area contributed by atoms with E-state index in [1.165, 1.54) is 6.42 Å². The Hall–Kier alpha value is -2.04. The highest BCUT2D eigenvalue weighted by Crippen LogP contribution is 2.23. The Kier molecular flexibility index (Phi) is 6.02. The largest absolute Gasteiger partial charge is 0.452 e. The molecule has 5 nitrogen and oxygen atoms in total. The lowest BCUT2D eigenvalue weighted by atomic mass is 9.86. The summed E-state index contributed by atoms with van der Waals surface area (Å²) in [5.74, 6) is -0.203. The third-order valence-corrected chi connectivity index (χ3v) is 4.41. The summed E-state index contributed by atoms with van der Waals surface area (Å²) in [7, 11) is 3.87. The second kappa shape index (κ2) is 7.99. The van der Waals surface area contributed by atoms with Crippen LogP contribution in [0.5, 0.6) is 0 Å². The smallest absolute Gasteiger partial charge is 0.338 e. The minimum Gasteiger partial charge on any atom is -0.452 e. The van der Waals surface area contributed by atoms with E-state index in [0.29, 0.717) is 11.5 Å². The van der Waals surface area contributed by atoms with Crippen LogP contribution < -0.4 is 10.2 Å². The number of nitrogens with one attached hydrogen (secondary N) is 1. The van der Waals surface area contributed by atoms with E-state index in [1.54, 1.807) is 12.1 Å². The molecule has 5 heteroatoms. The molecule has 0 spiro atoms. The molecule has 1 amide bonds. The Morgan fingerprint density at radius 3 is 2.43 bits per heavy atom. The fourth-order valence-corrected chi connectivity index (χ4v) is 2.89. The van der Waals surface area contributed by atoms with Crippen molar-refractivity contribution < 1.29 is 14.3 Å². The second-order valence-electron chi connectivity index (χ2n) is 6.45. The quantitative estimate of drug-likeness (QED) is 0.848. The minimum atomic E-state index is -0.470. The Morgan fingerprint density at radius 1 is 1.17 bits per heavy atom. The van der Waals surface area contributed by atoms with Crippen LogP contribution in [0.2, 0.25) is 0 Å². The number of esters is 1. The first-order chi connectivity index (χ1) is 11.0. The van der Waals surface area contributed by atoms with Gasteiger partial charge in [-0.1, -0.05) is 19.8 Å². The lowest BCUT2D eigenvalue weighted by Crippen LogP contribution is -2.42. The van der Waals surface area contributed by atoms with Crippen LogP contribution in [0.4, 0.5) is 5.69 Å².